The fraction of sp³-hybridized carbons (Fsp3) is 0.185. The average Bonchev–Trinajstić information content (AvgIpc) is 2.88. The lowest BCUT2D eigenvalue weighted by Gasteiger charge is -2.31. The Bertz CT molecular complexity index is 1090. The van der Waals surface area contributed by atoms with E-state index in [1.807, 2.05) is 91.0 Å². The van der Waals surface area contributed by atoms with E-state index in [1.54, 1.807) is 0 Å². The van der Waals surface area contributed by atoms with Crippen LogP contribution in [-0.2, 0) is 4.74 Å². The first-order valence-corrected chi connectivity index (χ1v) is 11.8. The molecule has 0 aliphatic carbocycles. The quantitative estimate of drug-likeness (QED) is 0.229. The van der Waals surface area contributed by atoms with Crippen molar-refractivity contribution in [3.05, 3.63) is 112 Å². The van der Waals surface area contributed by atoms with Crippen LogP contribution in [-0.4, -0.2) is 42.0 Å². The van der Waals surface area contributed by atoms with Crippen LogP contribution in [0.4, 0.5) is 0 Å². The molecule has 0 radical (unpaired) electrons. The van der Waals surface area contributed by atoms with Crippen LogP contribution >= 0.6 is 28.1 Å². The van der Waals surface area contributed by atoms with Crippen LogP contribution in [0, 0.1) is 0 Å². The Balaban J connectivity index is 1.89. The number of thiocarbonyl (C=S) groups is 1. The van der Waals surface area contributed by atoms with Crippen LogP contribution in [0.1, 0.15) is 27.4 Å². The molecule has 1 atom stereocenters. The van der Waals surface area contributed by atoms with Gasteiger partial charge in [0.25, 0.3) is 0 Å². The Morgan fingerprint density at radius 1 is 0.812 bits per heavy atom. The first kappa shape index (κ1) is 22.6. The van der Waals surface area contributed by atoms with Crippen molar-refractivity contribution in [2.24, 2.45) is 0 Å². The van der Waals surface area contributed by atoms with Crippen molar-refractivity contribution in [1.29, 1.82) is 0 Å². The molecular formula is C27H24BrNO2S. The van der Waals surface area contributed by atoms with Gasteiger partial charge in [-0.05, 0) is 32.6 Å². The molecule has 1 unspecified atom stereocenters. The first-order chi connectivity index (χ1) is 15.7. The molecule has 32 heavy (non-hydrogen) atoms. The SMILES string of the molecule is O=C(c1ccccc1)C(/C(=C(/Br)C(=S)N1CCOCC1)c1ccccc1)c1ccccc1. The van der Waals surface area contributed by atoms with Crippen molar-refractivity contribution < 1.29 is 9.53 Å². The Morgan fingerprint density at radius 3 is 1.88 bits per heavy atom. The summed E-state index contributed by atoms with van der Waals surface area (Å²) in [4.78, 5) is 16.8. The minimum absolute atomic E-state index is 0.0392. The van der Waals surface area contributed by atoms with Crippen molar-refractivity contribution in [2.75, 3.05) is 26.3 Å². The monoisotopic (exact) mass is 505 g/mol. The molecule has 1 fully saturated rings. The van der Waals surface area contributed by atoms with Crippen LogP contribution in [0.3, 0.4) is 0 Å². The molecule has 4 rings (SSSR count). The number of hydrogen-bond acceptors (Lipinski definition) is 3. The number of morpholine rings is 1. The van der Waals surface area contributed by atoms with Gasteiger partial charge in [-0.15, -0.1) is 0 Å². The molecule has 0 bridgehead atoms. The highest BCUT2D eigenvalue weighted by atomic mass is 79.9. The Hall–Kier alpha value is -2.60. The van der Waals surface area contributed by atoms with Gasteiger partial charge in [0.15, 0.2) is 5.78 Å². The fourth-order valence-corrected chi connectivity index (χ4v) is 4.92. The van der Waals surface area contributed by atoms with Gasteiger partial charge in [0.1, 0.15) is 4.99 Å². The summed E-state index contributed by atoms with van der Waals surface area (Å²) in [6.07, 6.45) is 0. The van der Waals surface area contributed by atoms with Crippen LogP contribution in [0.25, 0.3) is 5.57 Å². The van der Waals surface area contributed by atoms with Crippen molar-refractivity contribution in [3.63, 3.8) is 0 Å². The summed E-state index contributed by atoms with van der Waals surface area (Å²) in [6.45, 7) is 2.76. The zero-order valence-corrected chi connectivity index (χ0v) is 20.0. The highest BCUT2D eigenvalue weighted by Gasteiger charge is 2.31. The number of Topliss-reactive ketones (excluding diaryl/α,β-unsaturated/α-hetero) is 1. The van der Waals surface area contributed by atoms with Gasteiger partial charge in [-0.2, -0.15) is 0 Å². The molecule has 3 aromatic carbocycles. The highest BCUT2D eigenvalue weighted by Crippen LogP contribution is 2.40. The molecule has 3 nitrogen and oxygen atoms in total. The van der Waals surface area contributed by atoms with E-state index in [9.17, 15) is 4.79 Å². The third-order valence-electron chi connectivity index (χ3n) is 5.55. The summed E-state index contributed by atoms with van der Waals surface area (Å²) in [6, 6.07) is 29.4. The van der Waals surface area contributed by atoms with E-state index in [4.69, 9.17) is 17.0 Å². The molecule has 0 spiro atoms. The molecule has 0 saturated carbocycles. The van der Waals surface area contributed by atoms with E-state index < -0.39 is 5.92 Å². The lowest BCUT2D eigenvalue weighted by atomic mass is 9.81. The van der Waals surface area contributed by atoms with Crippen LogP contribution < -0.4 is 0 Å². The molecule has 3 aromatic rings. The third-order valence-corrected chi connectivity index (χ3v) is 7.08. The summed E-state index contributed by atoms with van der Waals surface area (Å²) in [5, 5.41) is 0. The van der Waals surface area contributed by atoms with E-state index in [0.29, 0.717) is 23.8 Å². The lowest BCUT2D eigenvalue weighted by molar-refractivity contribution is 0.0693. The van der Waals surface area contributed by atoms with E-state index in [2.05, 4.69) is 20.8 Å². The second kappa shape index (κ2) is 10.8. The number of ketones is 1. The van der Waals surface area contributed by atoms with E-state index >= 15 is 0 Å². The summed E-state index contributed by atoms with van der Waals surface area (Å²) in [5.74, 6) is -0.466. The van der Waals surface area contributed by atoms with Crippen LogP contribution in [0.5, 0.6) is 0 Å². The van der Waals surface area contributed by atoms with Gasteiger partial charge < -0.3 is 9.64 Å². The molecule has 0 aromatic heterocycles. The molecule has 1 saturated heterocycles. The predicted octanol–water partition coefficient (Wildman–Crippen LogP) is 6.12. The van der Waals surface area contributed by atoms with Gasteiger partial charge in [-0.25, -0.2) is 0 Å². The fourth-order valence-electron chi connectivity index (χ4n) is 3.92. The van der Waals surface area contributed by atoms with Gasteiger partial charge in [0, 0.05) is 18.7 Å². The number of rotatable bonds is 6. The number of ether oxygens (including phenoxy) is 1. The second-order valence-electron chi connectivity index (χ2n) is 7.57. The molecule has 1 aliphatic rings. The molecule has 1 heterocycles. The molecular weight excluding hydrogens is 482 g/mol. The average molecular weight is 506 g/mol. The van der Waals surface area contributed by atoms with E-state index in [1.165, 1.54) is 0 Å². The van der Waals surface area contributed by atoms with Gasteiger partial charge in [-0.1, -0.05) is 103 Å². The normalized spacial score (nSPS) is 15.6. The number of benzene rings is 3. The molecule has 0 N–H and O–H groups in total. The topological polar surface area (TPSA) is 29.5 Å². The molecule has 5 heteroatoms. The van der Waals surface area contributed by atoms with Crippen molar-refractivity contribution in [3.8, 4) is 0 Å². The Labute approximate surface area is 202 Å². The Morgan fingerprint density at radius 2 is 1.31 bits per heavy atom. The van der Waals surface area contributed by atoms with E-state index in [0.717, 1.165) is 34.3 Å². The van der Waals surface area contributed by atoms with Gasteiger partial charge in [-0.3, -0.25) is 4.79 Å². The minimum Gasteiger partial charge on any atom is -0.378 e. The number of carbonyl (C=O) groups excluding carboxylic acids is 1. The first-order valence-electron chi connectivity index (χ1n) is 10.6. The number of carbonyl (C=O) groups is 1. The summed E-state index contributed by atoms with van der Waals surface area (Å²) in [7, 11) is 0. The maximum Gasteiger partial charge on any atom is 0.174 e. The van der Waals surface area contributed by atoms with Crippen molar-refractivity contribution in [2.45, 2.75) is 5.92 Å². The maximum absolute atomic E-state index is 13.9. The van der Waals surface area contributed by atoms with Crippen LogP contribution in [0.15, 0.2) is 95.5 Å². The second-order valence-corrected chi connectivity index (χ2v) is 8.75. The molecule has 162 valence electrons. The van der Waals surface area contributed by atoms with Crippen molar-refractivity contribution in [1.82, 2.24) is 4.90 Å². The van der Waals surface area contributed by atoms with Crippen LogP contribution in [0.2, 0.25) is 0 Å². The smallest absolute Gasteiger partial charge is 0.174 e. The predicted molar refractivity (Wildman–Crippen MR) is 137 cm³/mol. The molecule has 1 aliphatic heterocycles. The minimum atomic E-state index is -0.505. The summed E-state index contributed by atoms with van der Waals surface area (Å²) < 4.78 is 6.28. The summed E-state index contributed by atoms with van der Waals surface area (Å²) in [5.41, 5.74) is 3.45. The molecule has 0 amide bonds. The number of nitrogens with zero attached hydrogens (tertiary/aromatic N) is 1. The third kappa shape index (κ3) is 5.07. The highest BCUT2D eigenvalue weighted by molar-refractivity contribution is 9.12. The van der Waals surface area contributed by atoms with E-state index in [-0.39, 0.29) is 5.78 Å². The zero-order chi connectivity index (χ0) is 22.3. The van der Waals surface area contributed by atoms with Crippen molar-refractivity contribution >= 4 is 44.5 Å². The number of hydrogen-bond donors (Lipinski definition) is 0. The standard InChI is InChI=1S/C27H24BrNO2S/c28-25(27(32)29-16-18-31-19-17-29)23(20-10-4-1-5-11-20)24(21-12-6-2-7-13-21)26(30)22-14-8-3-9-15-22/h1-15,24H,16-19H2/b25-23+. The van der Waals surface area contributed by atoms with Gasteiger partial charge in [0.05, 0.1) is 23.6 Å². The number of allylic oxidation sites excluding steroid dienone is 1. The van der Waals surface area contributed by atoms with Gasteiger partial charge >= 0.3 is 0 Å². The Kier molecular flexibility index (Phi) is 7.63. The maximum atomic E-state index is 13.9. The summed E-state index contributed by atoms with van der Waals surface area (Å²) >= 11 is 9.72. The zero-order valence-electron chi connectivity index (χ0n) is 17.6. The van der Waals surface area contributed by atoms with Gasteiger partial charge in [0.2, 0.25) is 0 Å². The number of halogens is 1. The lowest BCUT2D eigenvalue weighted by Crippen LogP contribution is -2.40. The largest absolute Gasteiger partial charge is 0.378 e.